The average Bonchev–Trinajstić information content (AvgIpc) is 2.49. The van der Waals surface area contributed by atoms with Gasteiger partial charge in [0.05, 0.1) is 0 Å². The molecule has 2 rings (SSSR count). The molecule has 0 aliphatic heterocycles. The van der Waals surface area contributed by atoms with E-state index in [0.717, 1.165) is 12.1 Å². The highest BCUT2D eigenvalue weighted by Crippen LogP contribution is 2.09. The van der Waals surface area contributed by atoms with Crippen molar-refractivity contribution in [2.45, 2.75) is 20.3 Å². The summed E-state index contributed by atoms with van der Waals surface area (Å²) in [5.41, 5.74) is 4.14. The molecule has 0 aliphatic carbocycles. The molecule has 0 spiro atoms. The van der Waals surface area contributed by atoms with Gasteiger partial charge in [0.1, 0.15) is 0 Å². The summed E-state index contributed by atoms with van der Waals surface area (Å²) in [6.07, 6.45) is 4.22. The maximum atomic E-state index is 12.0. The molecule has 0 aliphatic rings. The Balaban J connectivity index is 1.96. The van der Waals surface area contributed by atoms with Gasteiger partial charge in [-0.3, -0.25) is 4.79 Å². The fourth-order valence-electron chi connectivity index (χ4n) is 1.86. The minimum atomic E-state index is 0.00673. The van der Waals surface area contributed by atoms with Crippen LogP contribution in [-0.4, -0.2) is 5.78 Å². The summed E-state index contributed by atoms with van der Waals surface area (Å²) in [5, 5.41) is 3.09. The number of allylic oxidation sites excluding steroid dienone is 1. The monoisotopic (exact) mass is 265 g/mol. The lowest BCUT2D eigenvalue weighted by atomic mass is 10.1. The fraction of sp³-hybridized carbons (Fsp3) is 0.167. The second-order valence-electron chi connectivity index (χ2n) is 4.76. The molecule has 2 aromatic rings. The molecule has 1 N–H and O–H groups in total. The quantitative estimate of drug-likeness (QED) is 0.642. The van der Waals surface area contributed by atoms with Crippen molar-refractivity contribution < 1.29 is 4.79 Å². The van der Waals surface area contributed by atoms with Gasteiger partial charge in [-0.2, -0.15) is 0 Å². The zero-order chi connectivity index (χ0) is 14.4. The average molecular weight is 265 g/mol. The minimum absolute atomic E-state index is 0.00673. The summed E-state index contributed by atoms with van der Waals surface area (Å²) in [5.74, 6) is 0.00673. The molecule has 0 amide bonds. The maximum Gasteiger partial charge on any atom is 0.187 e. The van der Waals surface area contributed by atoms with Crippen LogP contribution in [0, 0.1) is 6.92 Å². The van der Waals surface area contributed by atoms with Crippen LogP contribution < -0.4 is 5.32 Å². The standard InChI is InChI=1S/C18H19NO/c1-3-15-6-8-16(9-7-15)18(20)12-13-19-17-10-4-14(2)5-11-17/h4-13,19H,3H2,1-2H3/b13-12+. The summed E-state index contributed by atoms with van der Waals surface area (Å²) < 4.78 is 0. The van der Waals surface area contributed by atoms with Gasteiger partial charge in [-0.15, -0.1) is 0 Å². The molecule has 0 heterocycles. The van der Waals surface area contributed by atoms with Crippen molar-refractivity contribution >= 4 is 11.5 Å². The third-order valence-corrected chi connectivity index (χ3v) is 3.18. The van der Waals surface area contributed by atoms with E-state index in [4.69, 9.17) is 0 Å². The van der Waals surface area contributed by atoms with Crippen LogP contribution in [0.4, 0.5) is 5.69 Å². The van der Waals surface area contributed by atoms with E-state index >= 15 is 0 Å². The molecule has 0 saturated carbocycles. The number of hydrogen-bond acceptors (Lipinski definition) is 2. The summed E-state index contributed by atoms with van der Waals surface area (Å²) in [4.78, 5) is 12.0. The molecular formula is C18H19NO. The van der Waals surface area contributed by atoms with E-state index in [-0.39, 0.29) is 5.78 Å². The second kappa shape index (κ2) is 6.71. The molecule has 0 atom stereocenters. The van der Waals surface area contributed by atoms with Crippen LogP contribution in [0.25, 0.3) is 0 Å². The smallest absolute Gasteiger partial charge is 0.187 e. The number of ketones is 1. The Kier molecular flexibility index (Phi) is 4.72. The zero-order valence-corrected chi connectivity index (χ0v) is 11.9. The van der Waals surface area contributed by atoms with Gasteiger partial charge < -0.3 is 5.32 Å². The van der Waals surface area contributed by atoms with Gasteiger partial charge in [0.25, 0.3) is 0 Å². The first-order chi connectivity index (χ1) is 9.69. The normalized spacial score (nSPS) is 10.7. The molecule has 102 valence electrons. The van der Waals surface area contributed by atoms with Crippen LogP contribution in [0.1, 0.15) is 28.4 Å². The number of aryl methyl sites for hydroxylation is 2. The number of benzene rings is 2. The number of hydrogen-bond donors (Lipinski definition) is 1. The highest BCUT2D eigenvalue weighted by molar-refractivity contribution is 6.04. The van der Waals surface area contributed by atoms with Crippen molar-refractivity contribution in [2.75, 3.05) is 5.32 Å². The van der Waals surface area contributed by atoms with Gasteiger partial charge in [0, 0.05) is 23.5 Å². The van der Waals surface area contributed by atoms with Crippen LogP contribution >= 0.6 is 0 Å². The first-order valence-electron chi connectivity index (χ1n) is 6.82. The lowest BCUT2D eigenvalue weighted by Gasteiger charge is -2.01. The van der Waals surface area contributed by atoms with Crippen LogP contribution in [0.3, 0.4) is 0 Å². The number of nitrogens with one attached hydrogen (secondary N) is 1. The third-order valence-electron chi connectivity index (χ3n) is 3.18. The van der Waals surface area contributed by atoms with E-state index in [1.165, 1.54) is 11.1 Å². The molecule has 0 fully saturated rings. The summed E-state index contributed by atoms with van der Waals surface area (Å²) in [6, 6.07) is 15.8. The molecule has 0 radical (unpaired) electrons. The zero-order valence-electron chi connectivity index (χ0n) is 11.9. The van der Waals surface area contributed by atoms with E-state index in [1.54, 1.807) is 12.3 Å². The van der Waals surface area contributed by atoms with Crippen LogP contribution in [-0.2, 0) is 6.42 Å². The molecule has 2 aromatic carbocycles. The molecule has 0 bridgehead atoms. The predicted octanol–water partition coefficient (Wildman–Crippen LogP) is 4.37. The van der Waals surface area contributed by atoms with E-state index in [2.05, 4.69) is 12.2 Å². The maximum absolute atomic E-state index is 12.0. The Morgan fingerprint density at radius 2 is 1.70 bits per heavy atom. The highest BCUT2D eigenvalue weighted by atomic mass is 16.1. The predicted molar refractivity (Wildman–Crippen MR) is 84.1 cm³/mol. The van der Waals surface area contributed by atoms with Gasteiger partial charge in [0.15, 0.2) is 5.78 Å². The molecule has 2 nitrogen and oxygen atoms in total. The number of carbonyl (C=O) groups is 1. The first kappa shape index (κ1) is 14.1. The SMILES string of the molecule is CCc1ccc(C(=O)/C=C/Nc2ccc(C)cc2)cc1. The molecular weight excluding hydrogens is 246 g/mol. The summed E-state index contributed by atoms with van der Waals surface area (Å²) >= 11 is 0. The fourth-order valence-corrected chi connectivity index (χ4v) is 1.86. The van der Waals surface area contributed by atoms with Crippen LogP contribution in [0.5, 0.6) is 0 Å². The van der Waals surface area contributed by atoms with Crippen molar-refractivity contribution in [1.82, 2.24) is 0 Å². The summed E-state index contributed by atoms with van der Waals surface area (Å²) in [7, 11) is 0. The number of anilines is 1. The topological polar surface area (TPSA) is 29.1 Å². The lowest BCUT2D eigenvalue weighted by Crippen LogP contribution is -1.96. The second-order valence-corrected chi connectivity index (χ2v) is 4.76. The van der Waals surface area contributed by atoms with Gasteiger partial charge in [0.2, 0.25) is 0 Å². The van der Waals surface area contributed by atoms with Crippen molar-refractivity contribution in [3.8, 4) is 0 Å². The summed E-state index contributed by atoms with van der Waals surface area (Å²) in [6.45, 7) is 4.14. The number of rotatable bonds is 5. The van der Waals surface area contributed by atoms with E-state index in [1.807, 2.05) is 55.5 Å². The van der Waals surface area contributed by atoms with Crippen LogP contribution in [0.15, 0.2) is 60.8 Å². The molecule has 20 heavy (non-hydrogen) atoms. The minimum Gasteiger partial charge on any atom is -0.362 e. The number of carbonyl (C=O) groups excluding carboxylic acids is 1. The first-order valence-corrected chi connectivity index (χ1v) is 6.82. The largest absolute Gasteiger partial charge is 0.362 e. The van der Waals surface area contributed by atoms with Crippen molar-refractivity contribution in [1.29, 1.82) is 0 Å². The van der Waals surface area contributed by atoms with Crippen molar-refractivity contribution in [2.24, 2.45) is 0 Å². The van der Waals surface area contributed by atoms with Gasteiger partial charge >= 0.3 is 0 Å². The van der Waals surface area contributed by atoms with Gasteiger partial charge in [-0.05, 0) is 31.0 Å². The molecule has 0 saturated heterocycles. The van der Waals surface area contributed by atoms with E-state index in [9.17, 15) is 4.79 Å². The molecule has 0 unspecified atom stereocenters. The Bertz CT molecular complexity index is 594. The van der Waals surface area contributed by atoms with Gasteiger partial charge in [-0.1, -0.05) is 48.9 Å². The Hall–Kier alpha value is -2.35. The van der Waals surface area contributed by atoms with Crippen molar-refractivity contribution in [3.63, 3.8) is 0 Å². The van der Waals surface area contributed by atoms with E-state index in [0.29, 0.717) is 5.56 Å². The van der Waals surface area contributed by atoms with Crippen molar-refractivity contribution in [3.05, 3.63) is 77.5 Å². The Labute approximate surface area is 120 Å². The Morgan fingerprint density at radius 3 is 2.30 bits per heavy atom. The highest BCUT2D eigenvalue weighted by Gasteiger charge is 2.00. The lowest BCUT2D eigenvalue weighted by molar-refractivity contribution is 0.104. The Morgan fingerprint density at radius 1 is 1.05 bits per heavy atom. The molecule has 0 aromatic heterocycles. The third kappa shape index (κ3) is 3.82. The van der Waals surface area contributed by atoms with Crippen LogP contribution in [0.2, 0.25) is 0 Å². The molecule has 2 heteroatoms. The van der Waals surface area contributed by atoms with E-state index < -0.39 is 0 Å². The van der Waals surface area contributed by atoms with Gasteiger partial charge in [-0.25, -0.2) is 0 Å².